The standard InChI is InChI=1S/C18H20N2O4S/c1-11(16(22)23)19-15(21)12-6-8-13(9-7-12)20-17(24)18(2,3)14-5-4-10-25-14/h4-11H,1-3H3,(H,19,21)(H,20,24)(H,22,23). The van der Waals surface area contributed by atoms with Gasteiger partial charge < -0.3 is 15.7 Å². The van der Waals surface area contributed by atoms with Gasteiger partial charge in [-0.1, -0.05) is 6.07 Å². The fraction of sp³-hybridized carbons (Fsp3) is 0.278. The topological polar surface area (TPSA) is 95.5 Å². The maximum absolute atomic E-state index is 12.5. The molecule has 25 heavy (non-hydrogen) atoms. The molecule has 0 saturated carbocycles. The smallest absolute Gasteiger partial charge is 0.325 e. The number of carbonyl (C=O) groups excluding carboxylic acids is 2. The van der Waals surface area contributed by atoms with Gasteiger partial charge in [-0.05, 0) is 56.5 Å². The Morgan fingerprint density at radius 2 is 1.76 bits per heavy atom. The highest BCUT2D eigenvalue weighted by Gasteiger charge is 2.30. The van der Waals surface area contributed by atoms with E-state index in [0.29, 0.717) is 11.3 Å². The number of nitrogens with one attached hydrogen (secondary N) is 2. The fourth-order valence-electron chi connectivity index (χ4n) is 2.08. The van der Waals surface area contributed by atoms with E-state index in [0.717, 1.165) is 4.88 Å². The van der Waals surface area contributed by atoms with Crippen LogP contribution in [-0.2, 0) is 15.0 Å². The molecule has 0 aliphatic rings. The van der Waals surface area contributed by atoms with Crippen LogP contribution in [0.15, 0.2) is 41.8 Å². The number of anilines is 1. The molecule has 1 aromatic heterocycles. The molecule has 1 heterocycles. The Morgan fingerprint density at radius 3 is 2.28 bits per heavy atom. The number of aliphatic carboxylic acids is 1. The molecule has 0 bridgehead atoms. The second-order valence-electron chi connectivity index (χ2n) is 6.17. The molecule has 0 aliphatic heterocycles. The minimum absolute atomic E-state index is 0.147. The predicted molar refractivity (Wildman–Crippen MR) is 97.0 cm³/mol. The Balaban J connectivity index is 2.04. The van der Waals surface area contributed by atoms with E-state index in [-0.39, 0.29) is 5.91 Å². The first-order chi connectivity index (χ1) is 11.7. The van der Waals surface area contributed by atoms with Gasteiger partial charge in [0, 0.05) is 16.1 Å². The van der Waals surface area contributed by atoms with E-state index < -0.39 is 23.3 Å². The van der Waals surface area contributed by atoms with Crippen molar-refractivity contribution in [3.8, 4) is 0 Å². The molecule has 6 nitrogen and oxygen atoms in total. The van der Waals surface area contributed by atoms with Crippen molar-refractivity contribution in [1.82, 2.24) is 5.32 Å². The summed E-state index contributed by atoms with van der Waals surface area (Å²) >= 11 is 1.52. The highest BCUT2D eigenvalue weighted by Crippen LogP contribution is 2.29. The lowest BCUT2D eigenvalue weighted by molar-refractivity contribution is -0.138. The van der Waals surface area contributed by atoms with Crippen molar-refractivity contribution in [3.63, 3.8) is 0 Å². The van der Waals surface area contributed by atoms with Crippen LogP contribution in [0.1, 0.15) is 36.0 Å². The number of rotatable bonds is 6. The summed E-state index contributed by atoms with van der Waals surface area (Å²) in [5, 5.41) is 16.0. The van der Waals surface area contributed by atoms with Crippen molar-refractivity contribution in [1.29, 1.82) is 0 Å². The number of hydrogen-bond donors (Lipinski definition) is 3. The normalized spacial score (nSPS) is 12.3. The highest BCUT2D eigenvalue weighted by atomic mass is 32.1. The van der Waals surface area contributed by atoms with Crippen LogP contribution in [0.2, 0.25) is 0 Å². The Labute approximate surface area is 149 Å². The molecule has 1 aromatic carbocycles. The molecule has 1 unspecified atom stereocenters. The third-order valence-corrected chi connectivity index (χ3v) is 5.02. The van der Waals surface area contributed by atoms with Crippen molar-refractivity contribution >= 4 is 34.8 Å². The van der Waals surface area contributed by atoms with Crippen LogP contribution < -0.4 is 10.6 Å². The number of thiophene rings is 1. The second kappa shape index (κ2) is 7.48. The lowest BCUT2D eigenvalue weighted by Crippen LogP contribution is -2.38. The zero-order valence-electron chi connectivity index (χ0n) is 14.2. The summed E-state index contributed by atoms with van der Waals surface area (Å²) in [5.74, 6) is -1.73. The molecule has 7 heteroatoms. The number of carbonyl (C=O) groups is 3. The SMILES string of the molecule is CC(NC(=O)c1ccc(NC(=O)C(C)(C)c2cccs2)cc1)C(=O)O. The van der Waals surface area contributed by atoms with Crippen LogP contribution in [-0.4, -0.2) is 28.9 Å². The van der Waals surface area contributed by atoms with Crippen LogP contribution in [0.3, 0.4) is 0 Å². The van der Waals surface area contributed by atoms with Gasteiger partial charge in [-0.2, -0.15) is 0 Å². The largest absolute Gasteiger partial charge is 0.480 e. The first-order valence-corrected chi connectivity index (χ1v) is 8.59. The Kier molecular flexibility index (Phi) is 5.58. The summed E-state index contributed by atoms with van der Waals surface area (Å²) in [6.45, 7) is 5.09. The molecule has 132 valence electrons. The summed E-state index contributed by atoms with van der Waals surface area (Å²) < 4.78 is 0. The summed E-state index contributed by atoms with van der Waals surface area (Å²) in [7, 11) is 0. The maximum Gasteiger partial charge on any atom is 0.325 e. The van der Waals surface area contributed by atoms with E-state index in [1.165, 1.54) is 30.4 Å². The molecular formula is C18H20N2O4S. The molecule has 0 spiro atoms. The molecule has 0 aliphatic carbocycles. The number of hydrogen-bond acceptors (Lipinski definition) is 4. The fourth-order valence-corrected chi connectivity index (χ4v) is 2.93. The minimum atomic E-state index is -1.10. The summed E-state index contributed by atoms with van der Waals surface area (Å²) in [6, 6.07) is 9.15. The molecule has 2 aromatic rings. The number of carboxylic acids is 1. The van der Waals surface area contributed by atoms with Crippen molar-refractivity contribution < 1.29 is 19.5 Å². The van der Waals surface area contributed by atoms with Crippen LogP contribution in [0.5, 0.6) is 0 Å². The third kappa shape index (κ3) is 4.45. The molecule has 0 fully saturated rings. The summed E-state index contributed by atoms with van der Waals surface area (Å²) in [5.41, 5.74) is 0.224. The maximum atomic E-state index is 12.5. The minimum Gasteiger partial charge on any atom is -0.480 e. The number of amides is 2. The quantitative estimate of drug-likeness (QED) is 0.738. The van der Waals surface area contributed by atoms with Gasteiger partial charge in [0.25, 0.3) is 5.91 Å². The Morgan fingerprint density at radius 1 is 1.12 bits per heavy atom. The molecule has 0 saturated heterocycles. The monoisotopic (exact) mass is 360 g/mol. The first-order valence-electron chi connectivity index (χ1n) is 7.71. The Hall–Kier alpha value is -2.67. The van der Waals surface area contributed by atoms with Crippen LogP contribution >= 0.6 is 11.3 Å². The van der Waals surface area contributed by atoms with Crippen LogP contribution in [0.4, 0.5) is 5.69 Å². The zero-order valence-corrected chi connectivity index (χ0v) is 15.0. The van der Waals surface area contributed by atoms with Gasteiger partial charge in [0.2, 0.25) is 5.91 Å². The first kappa shape index (κ1) is 18.7. The summed E-state index contributed by atoms with van der Waals surface area (Å²) in [6.07, 6.45) is 0. The highest BCUT2D eigenvalue weighted by molar-refractivity contribution is 7.10. The van der Waals surface area contributed by atoms with E-state index in [4.69, 9.17) is 5.11 Å². The van der Waals surface area contributed by atoms with Crippen molar-refractivity contribution in [2.45, 2.75) is 32.2 Å². The lowest BCUT2D eigenvalue weighted by atomic mass is 9.90. The van der Waals surface area contributed by atoms with Gasteiger partial charge in [-0.15, -0.1) is 11.3 Å². The van der Waals surface area contributed by atoms with Crippen molar-refractivity contribution in [2.24, 2.45) is 0 Å². The average molecular weight is 360 g/mol. The zero-order chi connectivity index (χ0) is 18.6. The molecule has 3 N–H and O–H groups in total. The van der Waals surface area contributed by atoms with Crippen LogP contribution in [0.25, 0.3) is 0 Å². The summed E-state index contributed by atoms with van der Waals surface area (Å²) in [4.78, 5) is 36.2. The molecule has 1 atom stereocenters. The molecule has 2 amide bonds. The molecule has 2 rings (SSSR count). The van der Waals surface area contributed by atoms with Crippen LogP contribution in [0, 0.1) is 0 Å². The van der Waals surface area contributed by atoms with E-state index in [9.17, 15) is 14.4 Å². The Bertz CT molecular complexity index is 767. The average Bonchev–Trinajstić information content (AvgIpc) is 3.10. The van der Waals surface area contributed by atoms with E-state index >= 15 is 0 Å². The van der Waals surface area contributed by atoms with Crippen molar-refractivity contribution in [2.75, 3.05) is 5.32 Å². The van der Waals surface area contributed by atoms with Gasteiger partial charge >= 0.3 is 5.97 Å². The van der Waals surface area contributed by atoms with E-state index in [1.807, 2.05) is 31.4 Å². The van der Waals surface area contributed by atoms with Gasteiger partial charge in [0.05, 0.1) is 5.41 Å². The van der Waals surface area contributed by atoms with Gasteiger partial charge in [0.1, 0.15) is 6.04 Å². The van der Waals surface area contributed by atoms with Gasteiger partial charge in [-0.3, -0.25) is 14.4 Å². The molecular weight excluding hydrogens is 340 g/mol. The molecule has 0 radical (unpaired) electrons. The predicted octanol–water partition coefficient (Wildman–Crippen LogP) is 2.87. The lowest BCUT2D eigenvalue weighted by Gasteiger charge is -2.22. The third-order valence-electron chi connectivity index (χ3n) is 3.83. The van der Waals surface area contributed by atoms with Gasteiger partial charge in [0.15, 0.2) is 0 Å². The van der Waals surface area contributed by atoms with E-state index in [1.54, 1.807) is 12.1 Å². The van der Waals surface area contributed by atoms with Crippen molar-refractivity contribution in [3.05, 3.63) is 52.2 Å². The van der Waals surface area contributed by atoms with E-state index in [2.05, 4.69) is 10.6 Å². The van der Waals surface area contributed by atoms with Gasteiger partial charge in [-0.25, -0.2) is 0 Å². The number of benzene rings is 1. The second-order valence-corrected chi connectivity index (χ2v) is 7.11. The number of carboxylic acid groups (broad SMARTS) is 1.